The van der Waals surface area contributed by atoms with Gasteiger partial charge in [0.05, 0.1) is 12.0 Å². The van der Waals surface area contributed by atoms with Crippen molar-refractivity contribution in [2.45, 2.75) is 39.2 Å². The maximum absolute atomic E-state index is 6.07. The van der Waals surface area contributed by atoms with Crippen molar-refractivity contribution in [3.05, 3.63) is 18.2 Å². The van der Waals surface area contributed by atoms with Crippen LogP contribution in [0, 0.1) is 5.92 Å². The fourth-order valence-corrected chi connectivity index (χ4v) is 1.62. The van der Waals surface area contributed by atoms with Crippen molar-refractivity contribution in [2.24, 2.45) is 18.7 Å². The Morgan fingerprint density at radius 1 is 1.43 bits per heavy atom. The first-order valence-corrected chi connectivity index (χ1v) is 5.33. The summed E-state index contributed by atoms with van der Waals surface area (Å²) < 4.78 is 2.00. The van der Waals surface area contributed by atoms with Gasteiger partial charge >= 0.3 is 0 Å². The van der Waals surface area contributed by atoms with Crippen molar-refractivity contribution in [1.82, 2.24) is 9.55 Å². The molecular weight excluding hydrogens is 174 g/mol. The topological polar surface area (TPSA) is 43.8 Å². The fraction of sp³-hybridized carbons (Fsp3) is 0.727. The maximum Gasteiger partial charge on any atom is 0.0946 e. The van der Waals surface area contributed by atoms with Gasteiger partial charge < -0.3 is 10.3 Å². The van der Waals surface area contributed by atoms with E-state index in [1.807, 2.05) is 17.8 Å². The molecule has 0 fully saturated rings. The Hall–Kier alpha value is -0.830. The molecular formula is C11H21N3. The Balaban J connectivity index is 2.36. The van der Waals surface area contributed by atoms with Crippen LogP contribution in [0.4, 0.5) is 0 Å². The van der Waals surface area contributed by atoms with E-state index in [4.69, 9.17) is 5.73 Å². The highest BCUT2D eigenvalue weighted by atomic mass is 15.0. The summed E-state index contributed by atoms with van der Waals surface area (Å²) >= 11 is 0. The summed E-state index contributed by atoms with van der Waals surface area (Å²) in [6.45, 7) is 4.49. The molecule has 0 spiro atoms. The predicted molar refractivity (Wildman–Crippen MR) is 58.8 cm³/mol. The third-order valence-electron chi connectivity index (χ3n) is 2.53. The normalized spacial score (nSPS) is 13.5. The lowest BCUT2D eigenvalue weighted by atomic mass is 10.0. The van der Waals surface area contributed by atoms with Crippen LogP contribution in [0.5, 0.6) is 0 Å². The average molecular weight is 195 g/mol. The first-order valence-electron chi connectivity index (χ1n) is 5.33. The SMILES string of the molecule is CC(C)CCCC(N)c1cncn1C. The van der Waals surface area contributed by atoms with Gasteiger partial charge in [0.1, 0.15) is 0 Å². The van der Waals surface area contributed by atoms with Gasteiger partial charge in [0.2, 0.25) is 0 Å². The van der Waals surface area contributed by atoms with Crippen LogP contribution in [0.25, 0.3) is 0 Å². The monoisotopic (exact) mass is 195 g/mol. The lowest BCUT2D eigenvalue weighted by Crippen LogP contribution is -2.13. The number of imidazole rings is 1. The molecule has 14 heavy (non-hydrogen) atoms. The number of aromatic nitrogens is 2. The minimum absolute atomic E-state index is 0.140. The molecule has 3 nitrogen and oxygen atoms in total. The number of nitrogens with zero attached hydrogens (tertiary/aromatic N) is 2. The van der Waals surface area contributed by atoms with E-state index in [0.717, 1.165) is 18.0 Å². The molecule has 1 aromatic heterocycles. The average Bonchev–Trinajstić information content (AvgIpc) is 2.50. The molecule has 0 aliphatic carbocycles. The van der Waals surface area contributed by atoms with Crippen molar-refractivity contribution in [1.29, 1.82) is 0 Å². The summed E-state index contributed by atoms with van der Waals surface area (Å²) in [6.07, 6.45) is 7.17. The van der Waals surface area contributed by atoms with E-state index in [-0.39, 0.29) is 6.04 Å². The highest BCUT2D eigenvalue weighted by molar-refractivity contribution is 5.03. The van der Waals surface area contributed by atoms with Crippen molar-refractivity contribution in [3.8, 4) is 0 Å². The first kappa shape index (κ1) is 11.2. The molecule has 0 saturated heterocycles. The Morgan fingerprint density at radius 3 is 2.64 bits per heavy atom. The van der Waals surface area contributed by atoms with Gasteiger partial charge in [0.25, 0.3) is 0 Å². The Labute approximate surface area is 86.3 Å². The van der Waals surface area contributed by atoms with Gasteiger partial charge in [-0.3, -0.25) is 0 Å². The third-order valence-corrected chi connectivity index (χ3v) is 2.53. The lowest BCUT2D eigenvalue weighted by molar-refractivity contribution is 0.496. The molecule has 0 saturated carbocycles. The van der Waals surface area contributed by atoms with Crippen molar-refractivity contribution in [3.63, 3.8) is 0 Å². The van der Waals surface area contributed by atoms with Gasteiger partial charge in [0, 0.05) is 19.3 Å². The number of nitrogens with two attached hydrogens (primary N) is 1. The van der Waals surface area contributed by atoms with Crippen LogP contribution < -0.4 is 5.73 Å². The summed E-state index contributed by atoms with van der Waals surface area (Å²) in [5.74, 6) is 0.772. The largest absolute Gasteiger partial charge is 0.336 e. The molecule has 0 aliphatic rings. The zero-order chi connectivity index (χ0) is 10.6. The second-order valence-corrected chi connectivity index (χ2v) is 4.36. The number of hydrogen-bond acceptors (Lipinski definition) is 2. The van der Waals surface area contributed by atoms with Crippen LogP contribution in [0.2, 0.25) is 0 Å². The second kappa shape index (κ2) is 5.15. The standard InChI is InChI=1S/C11H21N3/c1-9(2)5-4-6-10(12)11-7-13-8-14(11)3/h7-10H,4-6,12H2,1-3H3. The van der Waals surface area contributed by atoms with Crippen LogP contribution in [0.1, 0.15) is 44.8 Å². The molecule has 0 bridgehead atoms. The zero-order valence-electron chi connectivity index (χ0n) is 9.40. The highest BCUT2D eigenvalue weighted by Gasteiger charge is 2.09. The molecule has 2 N–H and O–H groups in total. The predicted octanol–water partition coefficient (Wildman–Crippen LogP) is 2.25. The summed E-state index contributed by atoms with van der Waals surface area (Å²) in [6, 6.07) is 0.140. The van der Waals surface area contributed by atoms with Gasteiger partial charge in [-0.15, -0.1) is 0 Å². The highest BCUT2D eigenvalue weighted by Crippen LogP contribution is 2.17. The summed E-state index contributed by atoms with van der Waals surface area (Å²) in [5, 5.41) is 0. The summed E-state index contributed by atoms with van der Waals surface area (Å²) in [5.41, 5.74) is 7.20. The Bertz CT molecular complexity index is 265. The van der Waals surface area contributed by atoms with E-state index < -0.39 is 0 Å². The molecule has 0 aromatic carbocycles. The van der Waals surface area contributed by atoms with Crippen molar-refractivity contribution >= 4 is 0 Å². The number of rotatable bonds is 5. The molecule has 80 valence electrons. The lowest BCUT2D eigenvalue weighted by Gasteiger charge is -2.12. The van der Waals surface area contributed by atoms with E-state index in [1.54, 1.807) is 6.33 Å². The third kappa shape index (κ3) is 3.14. The van der Waals surface area contributed by atoms with Crippen LogP contribution >= 0.6 is 0 Å². The summed E-state index contributed by atoms with van der Waals surface area (Å²) in [4.78, 5) is 4.07. The molecule has 1 unspecified atom stereocenters. The molecule has 0 amide bonds. The van der Waals surface area contributed by atoms with Gasteiger partial charge in [0.15, 0.2) is 0 Å². The Morgan fingerprint density at radius 2 is 2.14 bits per heavy atom. The fourth-order valence-electron chi connectivity index (χ4n) is 1.62. The minimum atomic E-state index is 0.140. The first-order chi connectivity index (χ1) is 6.61. The summed E-state index contributed by atoms with van der Waals surface area (Å²) in [7, 11) is 1.99. The number of hydrogen-bond donors (Lipinski definition) is 1. The second-order valence-electron chi connectivity index (χ2n) is 4.36. The van der Waals surface area contributed by atoms with E-state index >= 15 is 0 Å². The molecule has 0 aliphatic heterocycles. The van der Waals surface area contributed by atoms with Crippen molar-refractivity contribution < 1.29 is 0 Å². The van der Waals surface area contributed by atoms with E-state index in [1.165, 1.54) is 12.8 Å². The quantitative estimate of drug-likeness (QED) is 0.783. The molecule has 1 heterocycles. The molecule has 3 heteroatoms. The number of aryl methyl sites for hydroxylation is 1. The molecule has 0 radical (unpaired) electrons. The molecule has 1 aromatic rings. The van der Waals surface area contributed by atoms with Gasteiger partial charge in [-0.25, -0.2) is 4.98 Å². The zero-order valence-corrected chi connectivity index (χ0v) is 9.40. The van der Waals surface area contributed by atoms with Gasteiger partial charge in [-0.1, -0.05) is 26.7 Å². The van der Waals surface area contributed by atoms with Crippen LogP contribution in [-0.4, -0.2) is 9.55 Å². The van der Waals surface area contributed by atoms with Gasteiger partial charge in [-0.2, -0.15) is 0 Å². The van der Waals surface area contributed by atoms with E-state index in [0.29, 0.717) is 0 Å². The smallest absolute Gasteiger partial charge is 0.0946 e. The van der Waals surface area contributed by atoms with Gasteiger partial charge in [-0.05, 0) is 12.3 Å². The van der Waals surface area contributed by atoms with Crippen molar-refractivity contribution in [2.75, 3.05) is 0 Å². The molecule has 1 atom stereocenters. The van der Waals surface area contributed by atoms with E-state index in [9.17, 15) is 0 Å². The molecule has 1 rings (SSSR count). The Kier molecular flexibility index (Phi) is 4.14. The minimum Gasteiger partial charge on any atom is -0.336 e. The van der Waals surface area contributed by atoms with E-state index in [2.05, 4.69) is 18.8 Å². The van der Waals surface area contributed by atoms with Crippen LogP contribution in [0.3, 0.4) is 0 Å². The van der Waals surface area contributed by atoms with Crippen LogP contribution in [-0.2, 0) is 7.05 Å². The maximum atomic E-state index is 6.07. The van der Waals surface area contributed by atoms with Crippen LogP contribution in [0.15, 0.2) is 12.5 Å².